The first kappa shape index (κ1) is 10.5. The topological polar surface area (TPSA) is 26.3 Å². The Morgan fingerprint density at radius 1 is 1.53 bits per heavy atom. The van der Waals surface area contributed by atoms with Crippen molar-refractivity contribution in [1.29, 1.82) is 0 Å². The monoisotopic (exact) mass is 224 g/mol. The number of hydrogen-bond acceptors (Lipinski definition) is 2. The summed E-state index contributed by atoms with van der Waals surface area (Å²) in [6.45, 7) is 2.27. The zero-order chi connectivity index (χ0) is 10.8. The molecular weight excluding hydrogens is 212 g/mol. The molecular formula is C12H13ClO2. The van der Waals surface area contributed by atoms with Crippen molar-refractivity contribution in [2.75, 3.05) is 6.61 Å². The molecule has 0 spiro atoms. The predicted molar refractivity (Wildman–Crippen MR) is 58.9 cm³/mol. The largest absolute Gasteiger partial charge is 0.466 e. The Kier molecular flexibility index (Phi) is 2.96. The number of hydrogen-bond donors (Lipinski definition) is 0. The maximum atomic E-state index is 11.4. The fourth-order valence-electron chi connectivity index (χ4n) is 1.82. The van der Waals surface area contributed by atoms with Gasteiger partial charge in [0.1, 0.15) is 0 Å². The molecule has 0 radical (unpaired) electrons. The smallest absolute Gasteiger partial charge is 0.309 e. The number of halogens is 1. The molecule has 1 aliphatic rings. The van der Waals surface area contributed by atoms with Crippen LogP contribution in [0.15, 0.2) is 24.3 Å². The zero-order valence-electron chi connectivity index (χ0n) is 8.57. The van der Waals surface area contributed by atoms with Crippen LogP contribution in [-0.4, -0.2) is 12.6 Å². The van der Waals surface area contributed by atoms with Gasteiger partial charge in [-0.1, -0.05) is 29.8 Å². The standard InChI is InChI=1S/C12H13ClO2/c1-2-15-12(14)10-7-9(10)8-5-3-4-6-11(8)13/h3-6,9-10H,2,7H2,1H3/t9-,10-/m1/s1. The van der Waals surface area contributed by atoms with E-state index in [2.05, 4.69) is 0 Å². The molecule has 0 aromatic heterocycles. The van der Waals surface area contributed by atoms with Crippen LogP contribution < -0.4 is 0 Å². The number of carbonyl (C=O) groups excluding carboxylic acids is 1. The molecule has 0 unspecified atom stereocenters. The minimum absolute atomic E-state index is 0.0184. The lowest BCUT2D eigenvalue weighted by Gasteiger charge is -2.03. The minimum atomic E-state index is -0.0950. The van der Waals surface area contributed by atoms with E-state index in [1.54, 1.807) is 0 Å². The third-order valence-electron chi connectivity index (χ3n) is 2.68. The van der Waals surface area contributed by atoms with Gasteiger partial charge < -0.3 is 4.74 Å². The predicted octanol–water partition coefficient (Wildman–Crippen LogP) is 3.01. The lowest BCUT2D eigenvalue weighted by molar-refractivity contribution is -0.144. The van der Waals surface area contributed by atoms with E-state index in [9.17, 15) is 4.79 Å². The van der Waals surface area contributed by atoms with Crippen LogP contribution in [-0.2, 0) is 9.53 Å². The summed E-state index contributed by atoms with van der Waals surface area (Å²) in [5.74, 6) is 0.185. The third-order valence-corrected chi connectivity index (χ3v) is 3.03. The van der Waals surface area contributed by atoms with E-state index >= 15 is 0 Å². The summed E-state index contributed by atoms with van der Waals surface area (Å²) in [6.07, 6.45) is 0.864. The minimum Gasteiger partial charge on any atom is -0.466 e. The van der Waals surface area contributed by atoms with Crippen molar-refractivity contribution in [3.05, 3.63) is 34.9 Å². The summed E-state index contributed by atoms with van der Waals surface area (Å²) in [5, 5.41) is 0.745. The molecule has 1 fully saturated rings. The SMILES string of the molecule is CCOC(=O)[C@@H]1C[C@@H]1c1ccccc1Cl. The van der Waals surface area contributed by atoms with Crippen LogP contribution >= 0.6 is 11.6 Å². The molecule has 2 rings (SSSR count). The number of rotatable bonds is 3. The average molecular weight is 225 g/mol. The zero-order valence-corrected chi connectivity index (χ0v) is 9.33. The maximum absolute atomic E-state index is 11.4. The van der Waals surface area contributed by atoms with Crippen molar-refractivity contribution in [3.8, 4) is 0 Å². The number of benzene rings is 1. The number of ether oxygens (including phenoxy) is 1. The molecule has 15 heavy (non-hydrogen) atoms. The first-order valence-corrected chi connectivity index (χ1v) is 5.53. The van der Waals surface area contributed by atoms with Gasteiger partial charge in [-0.05, 0) is 30.9 Å². The molecule has 0 heterocycles. The second kappa shape index (κ2) is 4.23. The van der Waals surface area contributed by atoms with E-state index in [-0.39, 0.29) is 17.8 Å². The van der Waals surface area contributed by atoms with Gasteiger partial charge in [-0.25, -0.2) is 0 Å². The van der Waals surface area contributed by atoms with Crippen molar-refractivity contribution in [2.45, 2.75) is 19.3 Å². The van der Waals surface area contributed by atoms with Gasteiger partial charge in [-0.3, -0.25) is 4.79 Å². The molecule has 3 heteroatoms. The fraction of sp³-hybridized carbons (Fsp3) is 0.417. The van der Waals surface area contributed by atoms with Gasteiger partial charge >= 0.3 is 5.97 Å². The second-order valence-electron chi connectivity index (χ2n) is 3.72. The molecule has 0 aliphatic heterocycles. The lowest BCUT2D eigenvalue weighted by atomic mass is 10.1. The number of esters is 1. The van der Waals surface area contributed by atoms with Crippen LogP contribution in [0.1, 0.15) is 24.8 Å². The first-order chi connectivity index (χ1) is 7.24. The molecule has 0 N–H and O–H groups in total. The highest BCUT2D eigenvalue weighted by atomic mass is 35.5. The molecule has 0 amide bonds. The van der Waals surface area contributed by atoms with E-state index in [0.717, 1.165) is 17.0 Å². The Morgan fingerprint density at radius 2 is 2.27 bits per heavy atom. The Labute approximate surface area is 94.2 Å². The van der Waals surface area contributed by atoms with Crippen molar-refractivity contribution < 1.29 is 9.53 Å². The molecule has 0 bridgehead atoms. The molecule has 1 aliphatic carbocycles. The van der Waals surface area contributed by atoms with Crippen LogP contribution in [0.2, 0.25) is 5.02 Å². The third kappa shape index (κ3) is 2.15. The van der Waals surface area contributed by atoms with E-state index in [1.165, 1.54) is 0 Å². The van der Waals surface area contributed by atoms with Gasteiger partial charge in [0.2, 0.25) is 0 Å². The molecule has 1 aromatic rings. The number of carbonyl (C=O) groups is 1. The van der Waals surface area contributed by atoms with Gasteiger partial charge in [0.25, 0.3) is 0 Å². The Balaban J connectivity index is 2.05. The van der Waals surface area contributed by atoms with E-state index in [4.69, 9.17) is 16.3 Å². The van der Waals surface area contributed by atoms with Crippen LogP contribution in [0.3, 0.4) is 0 Å². The van der Waals surface area contributed by atoms with Crippen molar-refractivity contribution in [2.24, 2.45) is 5.92 Å². The molecule has 1 aromatic carbocycles. The second-order valence-corrected chi connectivity index (χ2v) is 4.13. The highest BCUT2D eigenvalue weighted by Gasteiger charge is 2.45. The van der Waals surface area contributed by atoms with E-state index in [0.29, 0.717) is 6.61 Å². The van der Waals surface area contributed by atoms with Crippen molar-refractivity contribution >= 4 is 17.6 Å². The summed E-state index contributed by atoms with van der Waals surface area (Å²) in [6, 6.07) is 7.68. The summed E-state index contributed by atoms with van der Waals surface area (Å²) >= 11 is 6.05. The average Bonchev–Trinajstić information content (AvgIpc) is 2.98. The lowest BCUT2D eigenvalue weighted by Crippen LogP contribution is -2.07. The van der Waals surface area contributed by atoms with Crippen LogP contribution in [0.4, 0.5) is 0 Å². The van der Waals surface area contributed by atoms with Gasteiger partial charge in [-0.2, -0.15) is 0 Å². The molecule has 1 saturated carbocycles. The molecule has 0 saturated heterocycles. The summed E-state index contributed by atoms with van der Waals surface area (Å²) in [7, 11) is 0. The van der Waals surface area contributed by atoms with E-state index < -0.39 is 0 Å². The van der Waals surface area contributed by atoms with E-state index in [1.807, 2.05) is 31.2 Å². The summed E-state index contributed by atoms with van der Waals surface area (Å²) in [4.78, 5) is 11.4. The van der Waals surface area contributed by atoms with Crippen molar-refractivity contribution in [3.63, 3.8) is 0 Å². The summed E-state index contributed by atoms with van der Waals surface area (Å²) in [5.41, 5.74) is 1.07. The van der Waals surface area contributed by atoms with Gasteiger partial charge in [0.05, 0.1) is 12.5 Å². The molecule has 80 valence electrons. The highest BCUT2D eigenvalue weighted by Crippen LogP contribution is 2.50. The Bertz CT molecular complexity index is 376. The summed E-state index contributed by atoms with van der Waals surface area (Å²) < 4.78 is 4.98. The maximum Gasteiger partial charge on any atom is 0.309 e. The fourth-order valence-corrected chi connectivity index (χ4v) is 2.10. The Hall–Kier alpha value is -1.02. The molecule has 2 atom stereocenters. The quantitative estimate of drug-likeness (QED) is 0.738. The molecule has 2 nitrogen and oxygen atoms in total. The van der Waals surface area contributed by atoms with Gasteiger partial charge in [0.15, 0.2) is 0 Å². The van der Waals surface area contributed by atoms with Crippen LogP contribution in [0.5, 0.6) is 0 Å². The normalized spacial score (nSPS) is 23.6. The van der Waals surface area contributed by atoms with Crippen molar-refractivity contribution in [1.82, 2.24) is 0 Å². The van der Waals surface area contributed by atoms with Crippen LogP contribution in [0.25, 0.3) is 0 Å². The Morgan fingerprint density at radius 3 is 2.93 bits per heavy atom. The van der Waals surface area contributed by atoms with Gasteiger partial charge in [0, 0.05) is 5.02 Å². The highest BCUT2D eigenvalue weighted by molar-refractivity contribution is 6.31. The first-order valence-electron chi connectivity index (χ1n) is 5.15. The van der Waals surface area contributed by atoms with Gasteiger partial charge in [-0.15, -0.1) is 0 Å². The van der Waals surface area contributed by atoms with Crippen LogP contribution in [0, 0.1) is 5.92 Å².